The fourth-order valence-electron chi connectivity index (χ4n) is 1.16. The molecule has 0 heterocycles. The van der Waals surface area contributed by atoms with Gasteiger partial charge < -0.3 is 14.2 Å². The van der Waals surface area contributed by atoms with Crippen molar-refractivity contribution in [3.8, 4) is 0 Å². The molecule has 0 aliphatic rings. The zero-order chi connectivity index (χ0) is 11.3. The fourth-order valence-corrected chi connectivity index (χ4v) is 1.16. The van der Waals surface area contributed by atoms with Gasteiger partial charge in [0.05, 0.1) is 7.11 Å². The Morgan fingerprint density at radius 3 is 2.27 bits per heavy atom. The Bertz CT molecular complexity index is 323. The Labute approximate surface area is 88.8 Å². The molecule has 0 N–H and O–H groups in total. The molecule has 0 spiro atoms. The molecule has 0 aliphatic heterocycles. The van der Waals surface area contributed by atoms with E-state index in [1.165, 1.54) is 14.2 Å². The lowest BCUT2D eigenvalue weighted by Gasteiger charge is -2.27. The molecule has 0 saturated heterocycles. The molecule has 0 saturated carbocycles. The molecule has 1 atom stereocenters. The first-order chi connectivity index (χ1) is 7.12. The monoisotopic (exact) mass is 210 g/mol. The van der Waals surface area contributed by atoms with E-state index in [1.807, 2.05) is 30.3 Å². The standard InChI is InChI=1S/C11H14O4/c1-11(14-3,15-10(12)13-2)9-7-5-4-6-8-9/h4-8H,1-3H3. The van der Waals surface area contributed by atoms with Gasteiger partial charge in [0.2, 0.25) is 5.79 Å². The van der Waals surface area contributed by atoms with Gasteiger partial charge in [0.1, 0.15) is 0 Å². The summed E-state index contributed by atoms with van der Waals surface area (Å²) in [6.45, 7) is 1.65. The first kappa shape index (κ1) is 11.5. The Morgan fingerprint density at radius 2 is 1.80 bits per heavy atom. The molecule has 0 aliphatic carbocycles. The molecule has 0 aromatic heterocycles. The molecular formula is C11H14O4. The van der Waals surface area contributed by atoms with E-state index < -0.39 is 11.9 Å². The lowest BCUT2D eigenvalue weighted by Crippen LogP contribution is -2.31. The summed E-state index contributed by atoms with van der Waals surface area (Å²) in [7, 11) is 2.72. The van der Waals surface area contributed by atoms with Gasteiger partial charge >= 0.3 is 6.16 Å². The van der Waals surface area contributed by atoms with E-state index in [1.54, 1.807) is 6.92 Å². The topological polar surface area (TPSA) is 44.8 Å². The maximum Gasteiger partial charge on any atom is 0.510 e. The van der Waals surface area contributed by atoms with Crippen molar-refractivity contribution in [2.45, 2.75) is 12.7 Å². The van der Waals surface area contributed by atoms with E-state index in [-0.39, 0.29) is 0 Å². The number of benzene rings is 1. The van der Waals surface area contributed by atoms with Crippen LogP contribution in [0.3, 0.4) is 0 Å². The van der Waals surface area contributed by atoms with Crippen LogP contribution in [0.1, 0.15) is 12.5 Å². The van der Waals surface area contributed by atoms with Gasteiger partial charge in [-0.2, -0.15) is 0 Å². The summed E-state index contributed by atoms with van der Waals surface area (Å²) in [5.41, 5.74) is 0.748. The highest BCUT2D eigenvalue weighted by molar-refractivity contribution is 5.60. The molecule has 0 amide bonds. The van der Waals surface area contributed by atoms with Gasteiger partial charge in [0.25, 0.3) is 0 Å². The van der Waals surface area contributed by atoms with Crippen molar-refractivity contribution in [3.63, 3.8) is 0 Å². The molecule has 1 rings (SSSR count). The lowest BCUT2D eigenvalue weighted by molar-refractivity contribution is -0.191. The zero-order valence-corrected chi connectivity index (χ0v) is 9.02. The predicted molar refractivity (Wildman–Crippen MR) is 54.3 cm³/mol. The second kappa shape index (κ2) is 4.79. The van der Waals surface area contributed by atoms with E-state index in [0.29, 0.717) is 0 Å². The Morgan fingerprint density at radius 1 is 1.20 bits per heavy atom. The molecule has 0 bridgehead atoms. The van der Waals surface area contributed by atoms with Crippen molar-refractivity contribution in [1.82, 2.24) is 0 Å². The minimum atomic E-state index is -1.12. The number of carbonyl (C=O) groups excluding carboxylic acids is 1. The normalized spacial score (nSPS) is 14.1. The quantitative estimate of drug-likeness (QED) is 0.567. The minimum absolute atomic E-state index is 0.748. The second-order valence-corrected chi connectivity index (χ2v) is 3.07. The van der Waals surface area contributed by atoms with Gasteiger partial charge in [-0.15, -0.1) is 0 Å². The number of carbonyl (C=O) groups is 1. The van der Waals surface area contributed by atoms with Crippen LogP contribution in [0.2, 0.25) is 0 Å². The largest absolute Gasteiger partial charge is 0.510 e. The summed E-state index contributed by atoms with van der Waals surface area (Å²) in [4.78, 5) is 11.0. The summed E-state index contributed by atoms with van der Waals surface area (Å²) in [6.07, 6.45) is -0.775. The van der Waals surface area contributed by atoms with Gasteiger partial charge in [0, 0.05) is 19.6 Å². The van der Waals surface area contributed by atoms with Crippen LogP contribution in [-0.2, 0) is 20.0 Å². The summed E-state index contributed by atoms with van der Waals surface area (Å²) in [6, 6.07) is 9.18. The van der Waals surface area contributed by atoms with Crippen LogP contribution >= 0.6 is 0 Å². The first-order valence-corrected chi connectivity index (χ1v) is 4.50. The maximum atomic E-state index is 11.0. The van der Waals surface area contributed by atoms with Crippen molar-refractivity contribution < 1.29 is 19.0 Å². The van der Waals surface area contributed by atoms with Crippen LogP contribution in [0.4, 0.5) is 4.79 Å². The third-order valence-corrected chi connectivity index (χ3v) is 2.13. The number of rotatable bonds is 3. The molecule has 1 aromatic carbocycles. The van der Waals surface area contributed by atoms with Gasteiger partial charge in [-0.05, 0) is 0 Å². The average Bonchev–Trinajstić information content (AvgIpc) is 2.30. The van der Waals surface area contributed by atoms with E-state index in [9.17, 15) is 4.79 Å². The van der Waals surface area contributed by atoms with Crippen molar-refractivity contribution in [2.24, 2.45) is 0 Å². The van der Waals surface area contributed by atoms with Gasteiger partial charge in [-0.25, -0.2) is 4.79 Å². The minimum Gasteiger partial charge on any atom is -0.438 e. The fraction of sp³-hybridized carbons (Fsp3) is 0.364. The third-order valence-electron chi connectivity index (χ3n) is 2.13. The third kappa shape index (κ3) is 2.70. The average molecular weight is 210 g/mol. The van der Waals surface area contributed by atoms with E-state index >= 15 is 0 Å². The number of methoxy groups -OCH3 is 2. The highest BCUT2D eigenvalue weighted by Crippen LogP contribution is 2.26. The van der Waals surface area contributed by atoms with E-state index in [0.717, 1.165) is 5.56 Å². The van der Waals surface area contributed by atoms with E-state index in [4.69, 9.17) is 9.47 Å². The van der Waals surface area contributed by atoms with Gasteiger partial charge in [0.15, 0.2) is 0 Å². The molecule has 0 radical (unpaired) electrons. The van der Waals surface area contributed by atoms with Crippen LogP contribution < -0.4 is 0 Å². The summed E-state index contributed by atoms with van der Waals surface area (Å²) in [5, 5.41) is 0. The van der Waals surface area contributed by atoms with Crippen molar-refractivity contribution in [1.29, 1.82) is 0 Å². The van der Waals surface area contributed by atoms with Crippen LogP contribution in [0.15, 0.2) is 30.3 Å². The zero-order valence-electron chi connectivity index (χ0n) is 9.02. The number of hydrogen-bond donors (Lipinski definition) is 0. The van der Waals surface area contributed by atoms with Crippen molar-refractivity contribution in [2.75, 3.05) is 14.2 Å². The highest BCUT2D eigenvalue weighted by Gasteiger charge is 2.31. The van der Waals surface area contributed by atoms with Crippen LogP contribution in [0.25, 0.3) is 0 Å². The van der Waals surface area contributed by atoms with E-state index in [2.05, 4.69) is 4.74 Å². The molecule has 4 nitrogen and oxygen atoms in total. The predicted octanol–water partition coefficient (Wildman–Crippen LogP) is 2.29. The van der Waals surface area contributed by atoms with Gasteiger partial charge in [-0.1, -0.05) is 30.3 Å². The van der Waals surface area contributed by atoms with Crippen LogP contribution in [0, 0.1) is 0 Å². The SMILES string of the molecule is COC(=O)OC(C)(OC)c1ccccc1. The lowest BCUT2D eigenvalue weighted by atomic mass is 10.1. The maximum absolute atomic E-state index is 11.0. The Kier molecular flexibility index (Phi) is 3.68. The smallest absolute Gasteiger partial charge is 0.438 e. The number of ether oxygens (including phenoxy) is 3. The summed E-state index contributed by atoms with van der Waals surface area (Å²) < 4.78 is 14.6. The molecule has 1 unspecified atom stereocenters. The molecule has 4 heteroatoms. The van der Waals surface area contributed by atoms with Crippen molar-refractivity contribution in [3.05, 3.63) is 35.9 Å². The summed E-state index contributed by atoms with van der Waals surface area (Å²) >= 11 is 0. The molecule has 15 heavy (non-hydrogen) atoms. The second-order valence-electron chi connectivity index (χ2n) is 3.07. The number of hydrogen-bond acceptors (Lipinski definition) is 4. The Hall–Kier alpha value is -1.55. The molecular weight excluding hydrogens is 196 g/mol. The van der Waals surface area contributed by atoms with Gasteiger partial charge in [-0.3, -0.25) is 0 Å². The first-order valence-electron chi connectivity index (χ1n) is 4.50. The highest BCUT2D eigenvalue weighted by atomic mass is 16.8. The summed E-state index contributed by atoms with van der Waals surface area (Å²) in [5.74, 6) is -1.12. The Balaban J connectivity index is 2.90. The van der Waals surface area contributed by atoms with Crippen LogP contribution in [0.5, 0.6) is 0 Å². The molecule has 82 valence electrons. The molecule has 0 fully saturated rings. The van der Waals surface area contributed by atoms with Crippen LogP contribution in [-0.4, -0.2) is 20.4 Å². The van der Waals surface area contributed by atoms with Crippen molar-refractivity contribution >= 4 is 6.16 Å². The molecule has 1 aromatic rings.